The first-order chi connectivity index (χ1) is 9.71. The van der Waals surface area contributed by atoms with E-state index in [2.05, 4.69) is 14.7 Å². The number of rotatable bonds is 10. The van der Waals surface area contributed by atoms with Gasteiger partial charge in [0.1, 0.15) is 0 Å². The fraction of sp³-hybridized carbons (Fsp3) is 0.500. The van der Waals surface area contributed by atoms with E-state index in [1.807, 2.05) is 37.3 Å². The molecule has 0 spiro atoms. The van der Waals surface area contributed by atoms with E-state index in [1.54, 1.807) is 0 Å². The molecule has 7 nitrogen and oxygen atoms in total. The molecule has 20 heavy (non-hydrogen) atoms. The Hall–Kier alpha value is -0.843. The Balaban J connectivity index is 2.89. The van der Waals surface area contributed by atoms with E-state index in [-0.39, 0.29) is 6.10 Å². The van der Waals surface area contributed by atoms with Gasteiger partial charge in [-0.3, -0.25) is 0 Å². The molecule has 0 aliphatic rings. The van der Waals surface area contributed by atoms with Crippen LogP contribution in [0.15, 0.2) is 30.3 Å². The highest BCUT2D eigenvalue weighted by Crippen LogP contribution is 2.27. The lowest BCUT2D eigenvalue weighted by Gasteiger charge is -2.27. The first kappa shape index (κ1) is 17.2. The molecule has 0 aromatic heterocycles. The van der Waals surface area contributed by atoms with Crippen molar-refractivity contribution in [2.75, 3.05) is 21.3 Å². The summed E-state index contributed by atoms with van der Waals surface area (Å²) in [4.78, 5) is 13.9. The zero-order valence-electron chi connectivity index (χ0n) is 12.0. The summed E-state index contributed by atoms with van der Waals surface area (Å²) >= 11 is 0. The molecule has 0 N–H and O–H groups in total. The van der Waals surface area contributed by atoms with Gasteiger partial charge in [0, 0.05) is 0 Å². The summed E-state index contributed by atoms with van der Waals surface area (Å²) in [6.45, 7) is 1.96. The van der Waals surface area contributed by atoms with Crippen LogP contribution in [0.4, 0.5) is 0 Å². The van der Waals surface area contributed by atoms with Crippen LogP contribution in [0.3, 0.4) is 0 Å². The van der Waals surface area contributed by atoms with E-state index >= 15 is 0 Å². The fourth-order valence-corrected chi connectivity index (χ4v) is 3.10. The molecule has 114 valence electrons. The van der Waals surface area contributed by atoms with Crippen LogP contribution in [0.1, 0.15) is 25.0 Å². The minimum atomic E-state index is -3.73. The van der Waals surface area contributed by atoms with E-state index in [9.17, 15) is 0 Å². The first-order valence-electron chi connectivity index (χ1n) is 6.09. The van der Waals surface area contributed by atoms with Crippen LogP contribution in [-0.4, -0.2) is 30.4 Å². The van der Waals surface area contributed by atoms with Gasteiger partial charge >= 0.3 is 9.05 Å². The van der Waals surface area contributed by atoms with Crippen molar-refractivity contribution in [1.82, 2.24) is 0 Å². The monoisotopic (exact) mass is 304 g/mol. The van der Waals surface area contributed by atoms with Crippen LogP contribution in [0, 0.1) is 0 Å². The summed E-state index contributed by atoms with van der Waals surface area (Å²) in [5.41, 5.74) is 0.950. The lowest BCUT2D eigenvalue weighted by molar-refractivity contribution is -0.374. The van der Waals surface area contributed by atoms with E-state index in [4.69, 9.17) is 18.2 Å². The van der Waals surface area contributed by atoms with Gasteiger partial charge in [-0.2, -0.15) is 13.7 Å². The van der Waals surface area contributed by atoms with Gasteiger partial charge in [0.05, 0.1) is 27.4 Å². The molecular weight excluding hydrogens is 284 g/mol. The van der Waals surface area contributed by atoms with Gasteiger partial charge in [-0.25, -0.2) is 14.7 Å². The first-order valence-corrected chi connectivity index (χ1v) is 7.72. The minimum Gasteiger partial charge on any atom is -0.340 e. The molecule has 0 amide bonds. The van der Waals surface area contributed by atoms with Gasteiger partial charge in [-0.15, -0.1) is 0 Å². The Morgan fingerprint density at radius 1 is 0.900 bits per heavy atom. The summed E-state index contributed by atoms with van der Waals surface area (Å²) in [6.07, 6.45) is 0.356. The Morgan fingerprint density at radius 3 is 1.80 bits per heavy atom. The maximum Gasteiger partial charge on any atom is 0.764 e. The molecule has 0 saturated heterocycles. The molecule has 0 fully saturated rings. The second-order valence-corrected chi connectivity index (χ2v) is 5.41. The molecule has 1 atom stereocenters. The summed E-state index contributed by atoms with van der Waals surface area (Å²) in [5.74, 6) is 0. The second kappa shape index (κ2) is 9.16. The molecule has 1 rings (SSSR count). The highest BCUT2D eigenvalue weighted by atomic mass is 28.4. The van der Waals surface area contributed by atoms with E-state index in [0.29, 0.717) is 6.42 Å². The van der Waals surface area contributed by atoms with Crippen molar-refractivity contribution in [2.24, 2.45) is 0 Å². The van der Waals surface area contributed by atoms with Crippen LogP contribution in [-0.2, 0) is 32.8 Å². The van der Waals surface area contributed by atoms with Crippen molar-refractivity contribution >= 4 is 9.05 Å². The lowest BCUT2D eigenvalue weighted by atomic mass is 10.1. The average Bonchev–Trinajstić information content (AvgIpc) is 2.46. The highest BCUT2D eigenvalue weighted by Gasteiger charge is 2.53. The van der Waals surface area contributed by atoms with Crippen molar-refractivity contribution in [3.05, 3.63) is 35.9 Å². The average molecular weight is 304 g/mol. The fourth-order valence-electron chi connectivity index (χ4n) is 1.64. The van der Waals surface area contributed by atoms with Gasteiger partial charge in [0.2, 0.25) is 0 Å². The van der Waals surface area contributed by atoms with Crippen molar-refractivity contribution in [3.8, 4) is 0 Å². The van der Waals surface area contributed by atoms with Gasteiger partial charge in [0.15, 0.2) is 0 Å². The third-order valence-electron chi connectivity index (χ3n) is 2.38. The lowest BCUT2D eigenvalue weighted by Crippen LogP contribution is -2.49. The van der Waals surface area contributed by atoms with Crippen molar-refractivity contribution < 1.29 is 32.8 Å². The molecule has 0 bridgehead atoms. The molecule has 1 aromatic carbocycles. The molecule has 1 unspecified atom stereocenters. The SMILES string of the molecule is CCC(O[Si](OOC)(OOC)OOC)c1ccccc1. The predicted molar refractivity (Wildman–Crippen MR) is 70.6 cm³/mol. The summed E-state index contributed by atoms with van der Waals surface area (Å²) in [7, 11) is 0.207. The van der Waals surface area contributed by atoms with Crippen molar-refractivity contribution in [1.29, 1.82) is 0 Å². The molecule has 8 heteroatoms. The Morgan fingerprint density at radius 2 is 1.40 bits per heavy atom. The number of hydrogen-bond donors (Lipinski definition) is 0. The minimum absolute atomic E-state index is 0.316. The zero-order chi connectivity index (χ0) is 14.8. The molecule has 0 heterocycles. The Bertz CT molecular complexity index is 345. The smallest absolute Gasteiger partial charge is 0.340 e. The number of hydrogen-bond acceptors (Lipinski definition) is 7. The maximum absolute atomic E-state index is 5.79. The third-order valence-corrected chi connectivity index (χ3v) is 4.07. The summed E-state index contributed by atoms with van der Waals surface area (Å²) < 4.78 is 20.8. The predicted octanol–water partition coefficient (Wildman–Crippen LogP) is 2.32. The highest BCUT2D eigenvalue weighted by molar-refractivity contribution is 6.52. The molecule has 0 aliphatic carbocycles. The second-order valence-electron chi connectivity index (χ2n) is 3.68. The van der Waals surface area contributed by atoms with Gasteiger partial charge in [-0.05, 0) is 12.0 Å². The maximum atomic E-state index is 5.79. The topological polar surface area (TPSA) is 64.6 Å². The van der Waals surface area contributed by atoms with E-state index < -0.39 is 9.05 Å². The van der Waals surface area contributed by atoms with Crippen molar-refractivity contribution in [3.63, 3.8) is 0 Å². The van der Waals surface area contributed by atoms with Crippen LogP contribution in [0.25, 0.3) is 0 Å². The van der Waals surface area contributed by atoms with Crippen LogP contribution in [0.5, 0.6) is 0 Å². The standard InChI is InChI=1S/C12H20O7Si/c1-5-12(11-9-7-6-8-10-11)16-20(17-13-2,18-14-3)19-15-4/h6-10,12H,5H2,1-4H3. The molecule has 0 aliphatic heterocycles. The molecular formula is C12H20O7Si. The third kappa shape index (κ3) is 4.92. The summed E-state index contributed by atoms with van der Waals surface area (Å²) in [6, 6.07) is 9.61. The quantitative estimate of drug-likeness (QED) is 0.373. The van der Waals surface area contributed by atoms with Gasteiger partial charge < -0.3 is 4.43 Å². The van der Waals surface area contributed by atoms with E-state index in [0.717, 1.165) is 5.56 Å². The summed E-state index contributed by atoms with van der Waals surface area (Å²) in [5, 5.41) is 0. The molecule has 0 saturated carbocycles. The Labute approximate surface area is 119 Å². The molecule has 1 aromatic rings. The zero-order valence-corrected chi connectivity index (χ0v) is 13.0. The largest absolute Gasteiger partial charge is 0.764 e. The molecule has 0 radical (unpaired) electrons. The van der Waals surface area contributed by atoms with Crippen LogP contribution < -0.4 is 0 Å². The van der Waals surface area contributed by atoms with Crippen LogP contribution >= 0.6 is 0 Å². The van der Waals surface area contributed by atoms with Crippen molar-refractivity contribution in [2.45, 2.75) is 19.4 Å². The Kier molecular flexibility index (Phi) is 7.88. The normalized spacial score (nSPS) is 13.4. The van der Waals surface area contributed by atoms with Gasteiger partial charge in [-0.1, -0.05) is 37.3 Å². The van der Waals surface area contributed by atoms with E-state index in [1.165, 1.54) is 21.3 Å². The van der Waals surface area contributed by atoms with Gasteiger partial charge in [0.25, 0.3) is 0 Å². The number of benzene rings is 1. The van der Waals surface area contributed by atoms with Crippen LogP contribution in [0.2, 0.25) is 0 Å².